The summed E-state index contributed by atoms with van der Waals surface area (Å²) >= 11 is 0. The predicted octanol–water partition coefficient (Wildman–Crippen LogP) is 6.44. The molecule has 0 radical (unpaired) electrons. The van der Waals surface area contributed by atoms with Gasteiger partial charge in [-0.25, -0.2) is 0 Å². The van der Waals surface area contributed by atoms with Gasteiger partial charge in [0.25, 0.3) is 5.91 Å². The first-order valence-corrected chi connectivity index (χ1v) is 9.57. The lowest BCUT2D eigenvalue weighted by Crippen LogP contribution is -2.21. The molecule has 13 heteroatoms. The van der Waals surface area contributed by atoms with Crippen LogP contribution in [0.15, 0.2) is 66.7 Å². The fraction of sp³-hybridized carbons (Fsp3) is 0.136. The Labute approximate surface area is 193 Å². The fourth-order valence-electron chi connectivity index (χ4n) is 2.80. The highest BCUT2D eigenvalue weighted by Gasteiger charge is 2.34. The number of carbonyl (C=O) groups excluding carboxylic acids is 1. The number of nitrogens with zero attached hydrogens (tertiary/aromatic N) is 1. The molecule has 0 unspecified atom stereocenters. The Morgan fingerprint density at radius 2 is 1.43 bits per heavy atom. The minimum atomic E-state index is -4.85. The maximum Gasteiger partial charge on any atom is 0.416 e. The number of nitrogens with one attached hydrogen (secondary N) is 1. The van der Waals surface area contributed by atoms with Crippen molar-refractivity contribution < 1.29 is 45.5 Å². The van der Waals surface area contributed by atoms with Gasteiger partial charge in [0.05, 0.1) is 21.7 Å². The van der Waals surface area contributed by atoms with E-state index in [0.29, 0.717) is 18.2 Å². The maximum absolute atomic E-state index is 13.1. The van der Waals surface area contributed by atoms with Gasteiger partial charge in [-0.15, -0.1) is 0 Å². The second-order valence-corrected chi connectivity index (χ2v) is 6.90. The summed E-state index contributed by atoms with van der Waals surface area (Å²) in [6, 6.07) is 11.8. The standard InChI is InChI=1S/C22H14F6N2O5/c23-21(24,25)13-6-8-18(35-15-4-2-1-3-5-15)16(10-13)29-20(31)12-34-19-9-7-14(22(26,27)28)11-17(19)30(32)33/h1-11H,12H2,(H,29,31). The van der Waals surface area contributed by atoms with Gasteiger partial charge in [-0.3, -0.25) is 14.9 Å². The molecule has 0 spiro atoms. The monoisotopic (exact) mass is 500 g/mol. The van der Waals surface area contributed by atoms with Crippen molar-refractivity contribution in [1.82, 2.24) is 0 Å². The van der Waals surface area contributed by atoms with Crippen LogP contribution >= 0.6 is 0 Å². The van der Waals surface area contributed by atoms with E-state index in [2.05, 4.69) is 5.32 Å². The first-order valence-electron chi connectivity index (χ1n) is 9.57. The van der Waals surface area contributed by atoms with E-state index in [4.69, 9.17) is 9.47 Å². The molecule has 0 saturated carbocycles. The van der Waals surface area contributed by atoms with Gasteiger partial charge >= 0.3 is 18.0 Å². The maximum atomic E-state index is 13.1. The molecule has 0 bridgehead atoms. The van der Waals surface area contributed by atoms with Crippen molar-refractivity contribution in [2.45, 2.75) is 12.4 Å². The molecule has 3 rings (SSSR count). The number of alkyl halides is 6. The van der Waals surface area contributed by atoms with E-state index in [1.807, 2.05) is 0 Å². The third kappa shape index (κ3) is 6.62. The van der Waals surface area contributed by atoms with Gasteiger partial charge in [0.1, 0.15) is 5.75 Å². The van der Waals surface area contributed by atoms with Crippen LogP contribution in [0.2, 0.25) is 0 Å². The smallest absolute Gasteiger partial charge is 0.416 e. The van der Waals surface area contributed by atoms with Crippen LogP contribution in [0.1, 0.15) is 11.1 Å². The number of carbonyl (C=O) groups is 1. The molecule has 0 aliphatic rings. The largest absolute Gasteiger partial charge is 0.477 e. The molecule has 35 heavy (non-hydrogen) atoms. The summed E-state index contributed by atoms with van der Waals surface area (Å²) in [5.74, 6) is -1.56. The van der Waals surface area contributed by atoms with Gasteiger partial charge in [0.15, 0.2) is 18.1 Å². The first kappa shape index (κ1) is 25.3. The summed E-state index contributed by atoms with van der Waals surface area (Å²) in [4.78, 5) is 22.3. The molecule has 184 valence electrons. The van der Waals surface area contributed by atoms with E-state index in [1.54, 1.807) is 18.2 Å². The minimum absolute atomic E-state index is 0.141. The van der Waals surface area contributed by atoms with Crippen LogP contribution in [0.25, 0.3) is 0 Å². The lowest BCUT2D eigenvalue weighted by molar-refractivity contribution is -0.386. The molecule has 0 atom stereocenters. The molecule has 0 fully saturated rings. The third-order valence-electron chi connectivity index (χ3n) is 4.39. The number of hydrogen-bond donors (Lipinski definition) is 1. The van der Waals surface area contributed by atoms with Crippen molar-refractivity contribution in [3.8, 4) is 17.2 Å². The Hall–Kier alpha value is -4.29. The second kappa shape index (κ2) is 9.91. The van der Waals surface area contributed by atoms with Crippen LogP contribution in [0.5, 0.6) is 17.2 Å². The van der Waals surface area contributed by atoms with E-state index >= 15 is 0 Å². The van der Waals surface area contributed by atoms with Crippen molar-refractivity contribution >= 4 is 17.3 Å². The topological polar surface area (TPSA) is 90.7 Å². The number of ether oxygens (including phenoxy) is 2. The molecule has 0 saturated heterocycles. The zero-order valence-corrected chi connectivity index (χ0v) is 17.3. The summed E-state index contributed by atoms with van der Waals surface area (Å²) in [6.45, 7) is -0.951. The van der Waals surface area contributed by atoms with Gasteiger partial charge in [-0.05, 0) is 42.5 Å². The van der Waals surface area contributed by atoms with E-state index in [9.17, 15) is 41.3 Å². The van der Waals surface area contributed by atoms with Crippen LogP contribution in [0.3, 0.4) is 0 Å². The Kier molecular flexibility index (Phi) is 7.17. The molecule has 1 N–H and O–H groups in total. The van der Waals surface area contributed by atoms with Crippen LogP contribution in [-0.2, 0) is 17.1 Å². The van der Waals surface area contributed by atoms with Gasteiger partial charge < -0.3 is 14.8 Å². The molecule has 0 aliphatic heterocycles. The fourth-order valence-corrected chi connectivity index (χ4v) is 2.80. The van der Waals surface area contributed by atoms with Gasteiger partial charge in [0.2, 0.25) is 0 Å². The van der Waals surface area contributed by atoms with Crippen molar-refractivity contribution in [3.63, 3.8) is 0 Å². The van der Waals surface area contributed by atoms with E-state index < -0.39 is 52.4 Å². The molecule has 0 heterocycles. The van der Waals surface area contributed by atoms with E-state index in [0.717, 1.165) is 12.1 Å². The number of rotatable bonds is 7. The Bertz CT molecular complexity index is 1230. The number of para-hydroxylation sites is 1. The minimum Gasteiger partial charge on any atom is -0.477 e. The number of anilines is 1. The normalized spacial score (nSPS) is 11.6. The number of nitro groups is 1. The predicted molar refractivity (Wildman–Crippen MR) is 110 cm³/mol. The highest BCUT2D eigenvalue weighted by atomic mass is 19.4. The average molecular weight is 500 g/mol. The third-order valence-corrected chi connectivity index (χ3v) is 4.39. The number of nitro benzene ring substituents is 1. The lowest BCUT2D eigenvalue weighted by Gasteiger charge is -2.15. The zero-order valence-electron chi connectivity index (χ0n) is 17.3. The molecule has 3 aromatic carbocycles. The molecule has 1 amide bonds. The number of halogens is 6. The number of amides is 1. The highest BCUT2D eigenvalue weighted by molar-refractivity contribution is 5.93. The molecule has 3 aromatic rings. The highest BCUT2D eigenvalue weighted by Crippen LogP contribution is 2.38. The lowest BCUT2D eigenvalue weighted by atomic mass is 10.1. The van der Waals surface area contributed by atoms with Gasteiger partial charge in [-0.1, -0.05) is 18.2 Å². The molecule has 0 aromatic heterocycles. The van der Waals surface area contributed by atoms with Crippen molar-refractivity contribution in [2.24, 2.45) is 0 Å². The molecular weight excluding hydrogens is 486 g/mol. The van der Waals surface area contributed by atoms with Crippen LogP contribution in [0.4, 0.5) is 37.7 Å². The van der Waals surface area contributed by atoms with Gasteiger partial charge in [-0.2, -0.15) is 26.3 Å². The second-order valence-electron chi connectivity index (χ2n) is 6.90. The first-order chi connectivity index (χ1) is 16.3. The van der Waals surface area contributed by atoms with Crippen molar-refractivity contribution in [1.29, 1.82) is 0 Å². The molecule has 0 aliphatic carbocycles. The summed E-state index contributed by atoms with van der Waals surface area (Å²) in [6.07, 6.45) is -9.58. The van der Waals surface area contributed by atoms with Crippen LogP contribution in [-0.4, -0.2) is 17.4 Å². The average Bonchev–Trinajstić information content (AvgIpc) is 2.78. The van der Waals surface area contributed by atoms with Crippen molar-refractivity contribution in [3.05, 3.63) is 88.0 Å². The van der Waals surface area contributed by atoms with E-state index in [1.165, 1.54) is 12.1 Å². The zero-order chi connectivity index (χ0) is 25.8. The molecular formula is C22H14F6N2O5. The quantitative estimate of drug-likeness (QED) is 0.229. The Morgan fingerprint density at radius 1 is 0.857 bits per heavy atom. The SMILES string of the molecule is O=C(COc1ccc(C(F)(F)F)cc1[N+](=O)[O-])Nc1cc(C(F)(F)F)ccc1Oc1ccccc1. The van der Waals surface area contributed by atoms with Crippen LogP contribution in [0, 0.1) is 10.1 Å². The summed E-state index contributed by atoms with van der Waals surface area (Å²) < 4.78 is 88.4. The van der Waals surface area contributed by atoms with Crippen molar-refractivity contribution in [2.75, 3.05) is 11.9 Å². The van der Waals surface area contributed by atoms with E-state index in [-0.39, 0.29) is 23.3 Å². The number of benzene rings is 3. The Balaban J connectivity index is 1.81. The Morgan fingerprint density at radius 3 is 2.00 bits per heavy atom. The molecule has 7 nitrogen and oxygen atoms in total. The van der Waals surface area contributed by atoms with Crippen LogP contribution < -0.4 is 14.8 Å². The summed E-state index contributed by atoms with van der Waals surface area (Å²) in [5.41, 5.74) is -3.81. The number of hydrogen-bond acceptors (Lipinski definition) is 5. The van der Waals surface area contributed by atoms with Gasteiger partial charge in [0, 0.05) is 6.07 Å². The summed E-state index contributed by atoms with van der Waals surface area (Å²) in [5, 5.41) is 13.3. The summed E-state index contributed by atoms with van der Waals surface area (Å²) in [7, 11) is 0.